The van der Waals surface area contributed by atoms with E-state index >= 15 is 0 Å². The number of carboxylic acid groups (broad SMARTS) is 1. The van der Waals surface area contributed by atoms with Crippen molar-refractivity contribution in [3.05, 3.63) is 29.8 Å². The zero-order valence-electron chi connectivity index (χ0n) is 7.90. The van der Waals surface area contributed by atoms with Gasteiger partial charge in [0.25, 0.3) is 0 Å². The minimum Gasteiger partial charge on any atom is -0.508 e. The molecule has 4 N–H and O–H groups in total. The third-order valence-corrected chi connectivity index (χ3v) is 2.32. The second-order valence-electron chi connectivity index (χ2n) is 3.15. The average molecular weight is 195 g/mol. The van der Waals surface area contributed by atoms with Gasteiger partial charge in [0, 0.05) is 5.56 Å². The summed E-state index contributed by atoms with van der Waals surface area (Å²) in [5.74, 6) is -1.22. The molecule has 0 bridgehead atoms. The van der Waals surface area contributed by atoms with Crippen LogP contribution in [0.4, 0.5) is 0 Å². The SMILES string of the molecule is CC[C@](N)(C(=O)O)c1ccccc1O. The molecule has 1 aromatic rings. The molecular formula is C10H13NO3. The molecule has 0 saturated heterocycles. The van der Waals surface area contributed by atoms with E-state index in [1.165, 1.54) is 12.1 Å². The van der Waals surface area contributed by atoms with Gasteiger partial charge in [0.05, 0.1) is 0 Å². The first-order valence-corrected chi connectivity index (χ1v) is 4.33. The van der Waals surface area contributed by atoms with Crippen LogP contribution < -0.4 is 5.73 Å². The number of aliphatic carboxylic acids is 1. The summed E-state index contributed by atoms with van der Waals surface area (Å²) in [4.78, 5) is 11.0. The standard InChI is InChI=1S/C10H13NO3/c1-2-10(11,9(13)14)7-5-3-4-6-8(7)12/h3-6,12H,2,11H2,1H3,(H,13,14)/t10-/m1/s1. The molecule has 0 radical (unpaired) electrons. The summed E-state index contributed by atoms with van der Waals surface area (Å²) in [5.41, 5.74) is 4.44. The zero-order valence-corrected chi connectivity index (χ0v) is 7.90. The van der Waals surface area contributed by atoms with Crippen LogP contribution in [-0.4, -0.2) is 16.2 Å². The van der Waals surface area contributed by atoms with Crippen LogP contribution in [-0.2, 0) is 10.3 Å². The Morgan fingerprint density at radius 3 is 2.50 bits per heavy atom. The Kier molecular flexibility index (Phi) is 2.76. The lowest BCUT2D eigenvalue weighted by molar-refractivity contribution is -0.144. The van der Waals surface area contributed by atoms with Crippen LogP contribution in [0.3, 0.4) is 0 Å². The lowest BCUT2D eigenvalue weighted by atomic mass is 9.88. The van der Waals surface area contributed by atoms with Gasteiger partial charge in [0.2, 0.25) is 0 Å². The summed E-state index contributed by atoms with van der Waals surface area (Å²) in [7, 11) is 0. The first-order chi connectivity index (χ1) is 6.52. The van der Waals surface area contributed by atoms with Crippen molar-refractivity contribution in [2.45, 2.75) is 18.9 Å². The summed E-state index contributed by atoms with van der Waals surface area (Å²) >= 11 is 0. The third-order valence-electron chi connectivity index (χ3n) is 2.32. The van der Waals surface area contributed by atoms with Crippen LogP contribution in [0.1, 0.15) is 18.9 Å². The second kappa shape index (κ2) is 3.67. The van der Waals surface area contributed by atoms with Crippen LogP contribution in [0.25, 0.3) is 0 Å². The summed E-state index contributed by atoms with van der Waals surface area (Å²) in [6.07, 6.45) is 0.222. The lowest BCUT2D eigenvalue weighted by Gasteiger charge is -2.24. The Morgan fingerprint density at radius 1 is 1.50 bits per heavy atom. The molecule has 1 aromatic carbocycles. The van der Waals surface area contributed by atoms with E-state index in [1.807, 2.05) is 0 Å². The number of nitrogens with two attached hydrogens (primary N) is 1. The number of carboxylic acids is 1. The summed E-state index contributed by atoms with van der Waals surface area (Å²) < 4.78 is 0. The Hall–Kier alpha value is -1.55. The van der Waals surface area contributed by atoms with Crippen molar-refractivity contribution in [2.24, 2.45) is 5.73 Å². The number of hydrogen-bond donors (Lipinski definition) is 3. The predicted molar refractivity (Wildman–Crippen MR) is 51.9 cm³/mol. The Morgan fingerprint density at radius 2 is 2.07 bits per heavy atom. The van der Waals surface area contributed by atoms with Crippen molar-refractivity contribution in [1.29, 1.82) is 0 Å². The molecule has 0 aliphatic heterocycles. The van der Waals surface area contributed by atoms with Gasteiger partial charge < -0.3 is 15.9 Å². The highest BCUT2D eigenvalue weighted by atomic mass is 16.4. The van der Waals surface area contributed by atoms with E-state index in [9.17, 15) is 9.90 Å². The summed E-state index contributed by atoms with van der Waals surface area (Å²) in [6.45, 7) is 1.67. The van der Waals surface area contributed by atoms with E-state index in [0.717, 1.165) is 0 Å². The first-order valence-electron chi connectivity index (χ1n) is 4.33. The fourth-order valence-corrected chi connectivity index (χ4v) is 1.31. The summed E-state index contributed by atoms with van der Waals surface area (Å²) in [5, 5.41) is 18.5. The Bertz CT molecular complexity index is 351. The maximum absolute atomic E-state index is 11.0. The number of para-hydroxylation sites is 1. The zero-order chi connectivity index (χ0) is 10.8. The van der Waals surface area contributed by atoms with Crippen molar-refractivity contribution in [2.75, 3.05) is 0 Å². The molecule has 0 aliphatic rings. The average Bonchev–Trinajstić information content (AvgIpc) is 2.17. The fraction of sp³-hybridized carbons (Fsp3) is 0.300. The third kappa shape index (κ3) is 1.56. The van der Waals surface area contributed by atoms with Gasteiger partial charge in [-0.25, -0.2) is 4.79 Å². The van der Waals surface area contributed by atoms with Crippen LogP contribution in [0, 0.1) is 0 Å². The molecule has 0 saturated carbocycles. The second-order valence-corrected chi connectivity index (χ2v) is 3.15. The smallest absolute Gasteiger partial charge is 0.328 e. The molecular weight excluding hydrogens is 182 g/mol. The normalized spacial score (nSPS) is 14.7. The van der Waals surface area contributed by atoms with E-state index in [4.69, 9.17) is 10.8 Å². The van der Waals surface area contributed by atoms with Gasteiger partial charge in [-0.15, -0.1) is 0 Å². The molecule has 0 aliphatic carbocycles. The van der Waals surface area contributed by atoms with Crippen molar-refractivity contribution in [3.8, 4) is 5.75 Å². The van der Waals surface area contributed by atoms with Crippen molar-refractivity contribution in [3.63, 3.8) is 0 Å². The number of aromatic hydroxyl groups is 1. The molecule has 1 atom stereocenters. The quantitative estimate of drug-likeness (QED) is 0.672. The van der Waals surface area contributed by atoms with Gasteiger partial charge >= 0.3 is 5.97 Å². The highest BCUT2D eigenvalue weighted by Crippen LogP contribution is 2.29. The molecule has 76 valence electrons. The number of hydrogen-bond acceptors (Lipinski definition) is 3. The van der Waals surface area contributed by atoms with Crippen molar-refractivity contribution >= 4 is 5.97 Å². The van der Waals surface area contributed by atoms with Crippen LogP contribution in [0.15, 0.2) is 24.3 Å². The topological polar surface area (TPSA) is 83.6 Å². The van der Waals surface area contributed by atoms with Crippen molar-refractivity contribution < 1.29 is 15.0 Å². The number of rotatable bonds is 3. The van der Waals surface area contributed by atoms with Gasteiger partial charge in [-0.3, -0.25) is 0 Å². The molecule has 1 rings (SSSR count). The maximum atomic E-state index is 11.0. The molecule has 14 heavy (non-hydrogen) atoms. The maximum Gasteiger partial charge on any atom is 0.328 e. The van der Waals surface area contributed by atoms with Gasteiger partial charge in [-0.2, -0.15) is 0 Å². The fourth-order valence-electron chi connectivity index (χ4n) is 1.31. The van der Waals surface area contributed by atoms with E-state index in [-0.39, 0.29) is 17.7 Å². The molecule has 0 fully saturated rings. The molecule has 0 amide bonds. The minimum absolute atomic E-state index is 0.0840. The van der Waals surface area contributed by atoms with Crippen LogP contribution >= 0.6 is 0 Å². The number of carbonyl (C=O) groups is 1. The van der Waals surface area contributed by atoms with Gasteiger partial charge in [-0.1, -0.05) is 25.1 Å². The number of phenolic OH excluding ortho intramolecular Hbond substituents is 1. The van der Waals surface area contributed by atoms with Crippen molar-refractivity contribution in [1.82, 2.24) is 0 Å². The van der Waals surface area contributed by atoms with Gasteiger partial charge in [0.15, 0.2) is 0 Å². The molecule has 4 heteroatoms. The molecule has 0 unspecified atom stereocenters. The highest BCUT2D eigenvalue weighted by Gasteiger charge is 2.36. The minimum atomic E-state index is -1.51. The van der Waals surface area contributed by atoms with E-state index in [1.54, 1.807) is 19.1 Å². The molecule has 4 nitrogen and oxygen atoms in total. The van der Waals surface area contributed by atoms with Gasteiger partial charge in [-0.05, 0) is 12.5 Å². The number of phenols is 1. The Balaban J connectivity index is 3.26. The van der Waals surface area contributed by atoms with E-state index < -0.39 is 11.5 Å². The van der Waals surface area contributed by atoms with Crippen LogP contribution in [0.5, 0.6) is 5.75 Å². The Labute approximate surface area is 82.0 Å². The molecule has 0 heterocycles. The van der Waals surface area contributed by atoms with Gasteiger partial charge in [0.1, 0.15) is 11.3 Å². The number of benzene rings is 1. The first kappa shape index (κ1) is 10.5. The van der Waals surface area contributed by atoms with E-state index in [0.29, 0.717) is 0 Å². The van der Waals surface area contributed by atoms with E-state index in [2.05, 4.69) is 0 Å². The largest absolute Gasteiger partial charge is 0.508 e. The summed E-state index contributed by atoms with van der Waals surface area (Å²) in [6, 6.07) is 6.22. The molecule has 0 spiro atoms. The lowest BCUT2D eigenvalue weighted by Crippen LogP contribution is -2.44. The predicted octanol–water partition coefficient (Wildman–Crippen LogP) is 1.04. The highest BCUT2D eigenvalue weighted by molar-refractivity contribution is 5.81. The molecule has 0 aromatic heterocycles. The monoisotopic (exact) mass is 195 g/mol. The van der Waals surface area contributed by atoms with Crippen LogP contribution in [0.2, 0.25) is 0 Å².